The molecule has 0 fully saturated rings. The average Bonchev–Trinajstić information content (AvgIpc) is 3.78. The Morgan fingerprint density at radius 1 is 0.362 bits per heavy atom. The third kappa shape index (κ3) is 5.56. The highest BCUT2D eigenvalue weighted by atomic mass is 16.3. The molecule has 0 atom stereocenters. The number of benzene rings is 8. The normalized spacial score (nSPS) is 12.8. The van der Waals surface area contributed by atoms with Crippen LogP contribution in [0.5, 0.6) is 0 Å². The molecule has 58 heavy (non-hydrogen) atoms. The highest BCUT2D eigenvalue weighted by Gasteiger charge is 2.35. The zero-order chi connectivity index (χ0) is 38.8. The van der Waals surface area contributed by atoms with Gasteiger partial charge in [-0.05, 0) is 74.3 Å². The van der Waals surface area contributed by atoms with E-state index in [4.69, 9.17) is 19.4 Å². The first kappa shape index (κ1) is 33.9. The monoisotopic (exact) mass is 743 g/mol. The van der Waals surface area contributed by atoms with E-state index in [9.17, 15) is 0 Å². The van der Waals surface area contributed by atoms with Crippen LogP contribution in [-0.2, 0) is 5.41 Å². The zero-order valence-electron chi connectivity index (χ0n) is 32.1. The summed E-state index contributed by atoms with van der Waals surface area (Å²) in [6.45, 7) is 4.64. The molecule has 0 saturated heterocycles. The van der Waals surface area contributed by atoms with Crippen LogP contribution >= 0.6 is 0 Å². The molecule has 0 amide bonds. The molecule has 0 unspecified atom stereocenters. The Hall–Kier alpha value is -7.43. The van der Waals surface area contributed by atoms with Gasteiger partial charge >= 0.3 is 0 Å². The molecule has 0 bridgehead atoms. The summed E-state index contributed by atoms with van der Waals surface area (Å²) in [4.78, 5) is 15.5. The van der Waals surface area contributed by atoms with Crippen LogP contribution in [0.4, 0.5) is 0 Å². The van der Waals surface area contributed by atoms with Crippen molar-refractivity contribution < 1.29 is 4.42 Å². The fourth-order valence-corrected chi connectivity index (χ4v) is 8.80. The Morgan fingerprint density at radius 2 is 0.879 bits per heavy atom. The lowest BCUT2D eigenvalue weighted by atomic mass is 9.82. The van der Waals surface area contributed by atoms with E-state index in [0.29, 0.717) is 17.5 Å². The van der Waals surface area contributed by atoms with Crippen molar-refractivity contribution in [2.45, 2.75) is 19.3 Å². The molecule has 2 heterocycles. The van der Waals surface area contributed by atoms with Gasteiger partial charge in [-0.1, -0.05) is 178 Å². The lowest BCUT2D eigenvalue weighted by molar-refractivity contribution is 0.660. The maximum Gasteiger partial charge on any atom is 0.164 e. The van der Waals surface area contributed by atoms with Gasteiger partial charge in [0, 0.05) is 38.4 Å². The third-order valence-corrected chi connectivity index (χ3v) is 11.8. The van der Waals surface area contributed by atoms with Gasteiger partial charge in [-0.3, -0.25) is 0 Å². The first-order valence-corrected chi connectivity index (χ1v) is 19.8. The Kier molecular flexibility index (Phi) is 7.80. The Morgan fingerprint density at radius 3 is 1.60 bits per heavy atom. The molecule has 11 rings (SSSR count). The van der Waals surface area contributed by atoms with Crippen molar-refractivity contribution in [2.24, 2.45) is 0 Å². The minimum absolute atomic E-state index is 0.0252. The standard InChI is InChI=1S/C54H37N3O/c1-54(2)46-23-13-12-21-41(46)44-31-39(29-30-47(44)54)35-25-27-38(28-26-35)52-55-51(37-19-10-5-11-20-37)56-53(57-52)42-22-14-24-48-49(42)45-33-40(34-15-6-3-7-16-34)32-43(50(45)58-48)36-17-8-4-9-18-36/h3-33H,1-2H3. The van der Waals surface area contributed by atoms with Crippen molar-refractivity contribution in [3.8, 4) is 78.7 Å². The molecular weight excluding hydrogens is 707 g/mol. The number of furan rings is 1. The Labute approximate surface area is 337 Å². The van der Waals surface area contributed by atoms with E-state index in [0.717, 1.165) is 66.4 Å². The van der Waals surface area contributed by atoms with Crippen molar-refractivity contribution >= 4 is 21.9 Å². The lowest BCUT2D eigenvalue weighted by Gasteiger charge is -2.21. The van der Waals surface area contributed by atoms with Crippen LogP contribution in [-0.4, -0.2) is 15.0 Å². The van der Waals surface area contributed by atoms with E-state index in [1.165, 1.54) is 27.8 Å². The van der Waals surface area contributed by atoms with E-state index >= 15 is 0 Å². The van der Waals surface area contributed by atoms with Crippen molar-refractivity contribution in [3.63, 3.8) is 0 Å². The van der Waals surface area contributed by atoms with Crippen molar-refractivity contribution in [3.05, 3.63) is 199 Å². The molecule has 0 radical (unpaired) electrons. The molecule has 274 valence electrons. The molecular formula is C54H37N3O. The van der Waals surface area contributed by atoms with Gasteiger partial charge < -0.3 is 4.42 Å². The van der Waals surface area contributed by atoms with E-state index in [1.807, 2.05) is 48.5 Å². The quantitative estimate of drug-likeness (QED) is 0.170. The lowest BCUT2D eigenvalue weighted by Crippen LogP contribution is -2.14. The van der Waals surface area contributed by atoms with Crippen molar-refractivity contribution in [1.82, 2.24) is 15.0 Å². The van der Waals surface area contributed by atoms with E-state index in [2.05, 4.69) is 153 Å². The van der Waals surface area contributed by atoms with Crippen LogP contribution in [0.1, 0.15) is 25.0 Å². The fraction of sp³-hybridized carbons (Fsp3) is 0.0556. The van der Waals surface area contributed by atoms with Crippen molar-refractivity contribution in [2.75, 3.05) is 0 Å². The number of hydrogen-bond acceptors (Lipinski definition) is 4. The molecule has 0 N–H and O–H groups in total. The van der Waals surface area contributed by atoms with Gasteiger partial charge in [0.05, 0.1) is 0 Å². The summed E-state index contributed by atoms with van der Waals surface area (Å²) < 4.78 is 6.76. The zero-order valence-corrected chi connectivity index (χ0v) is 32.1. The molecule has 10 aromatic rings. The second kappa shape index (κ2) is 13.4. The topological polar surface area (TPSA) is 51.8 Å². The number of hydrogen-bond donors (Lipinski definition) is 0. The van der Waals surface area contributed by atoms with E-state index in [1.54, 1.807) is 0 Å². The Bertz CT molecular complexity index is 3170. The maximum absolute atomic E-state index is 6.76. The van der Waals surface area contributed by atoms with Gasteiger partial charge in [0.25, 0.3) is 0 Å². The molecule has 0 spiro atoms. The van der Waals surface area contributed by atoms with Crippen LogP contribution in [0.15, 0.2) is 192 Å². The van der Waals surface area contributed by atoms with Gasteiger partial charge in [-0.25, -0.2) is 15.0 Å². The maximum atomic E-state index is 6.76. The summed E-state index contributed by atoms with van der Waals surface area (Å²) in [5, 5.41) is 1.99. The fourth-order valence-electron chi connectivity index (χ4n) is 8.80. The molecule has 2 aromatic heterocycles. The van der Waals surface area contributed by atoms with Gasteiger partial charge in [-0.2, -0.15) is 0 Å². The molecule has 4 heteroatoms. The number of nitrogens with zero attached hydrogens (tertiary/aromatic N) is 3. The summed E-state index contributed by atoms with van der Waals surface area (Å²) in [6.07, 6.45) is 0. The van der Waals surface area contributed by atoms with Gasteiger partial charge in [-0.15, -0.1) is 0 Å². The summed E-state index contributed by atoms with van der Waals surface area (Å²) in [5.74, 6) is 1.82. The largest absolute Gasteiger partial charge is 0.455 e. The molecule has 0 aliphatic heterocycles. The first-order valence-electron chi connectivity index (χ1n) is 19.8. The van der Waals surface area contributed by atoms with E-state index < -0.39 is 0 Å². The van der Waals surface area contributed by atoms with Gasteiger partial charge in [0.2, 0.25) is 0 Å². The number of aromatic nitrogens is 3. The summed E-state index contributed by atoms with van der Waals surface area (Å²) in [7, 11) is 0. The predicted molar refractivity (Wildman–Crippen MR) is 237 cm³/mol. The van der Waals surface area contributed by atoms with Crippen LogP contribution in [0.25, 0.3) is 101 Å². The SMILES string of the molecule is CC1(C)c2ccccc2-c2cc(-c3ccc(-c4nc(-c5ccccc5)nc(-c5cccc6oc7c(-c8ccccc8)cc(-c8ccccc8)cc7c56)n4)cc3)ccc21. The highest BCUT2D eigenvalue weighted by Crippen LogP contribution is 2.49. The van der Waals surface area contributed by atoms with Crippen LogP contribution in [0.3, 0.4) is 0 Å². The van der Waals surface area contributed by atoms with Crippen LogP contribution in [0.2, 0.25) is 0 Å². The van der Waals surface area contributed by atoms with E-state index in [-0.39, 0.29) is 5.41 Å². The minimum Gasteiger partial charge on any atom is -0.455 e. The van der Waals surface area contributed by atoms with Crippen LogP contribution in [0, 0.1) is 0 Å². The Balaban J connectivity index is 1.06. The second-order valence-electron chi connectivity index (χ2n) is 15.6. The molecule has 1 aliphatic carbocycles. The predicted octanol–water partition coefficient (Wildman–Crippen LogP) is 14.1. The highest BCUT2D eigenvalue weighted by molar-refractivity contribution is 6.16. The van der Waals surface area contributed by atoms with Crippen molar-refractivity contribution in [1.29, 1.82) is 0 Å². The molecule has 0 saturated carbocycles. The summed E-state index contributed by atoms with van der Waals surface area (Å²) in [5.41, 5.74) is 16.4. The number of rotatable bonds is 6. The average molecular weight is 744 g/mol. The van der Waals surface area contributed by atoms with Gasteiger partial charge in [0.1, 0.15) is 11.2 Å². The van der Waals surface area contributed by atoms with Gasteiger partial charge in [0.15, 0.2) is 17.5 Å². The minimum atomic E-state index is -0.0252. The first-order chi connectivity index (χ1) is 28.5. The number of fused-ring (bicyclic) bond motifs is 6. The smallest absolute Gasteiger partial charge is 0.164 e. The third-order valence-electron chi connectivity index (χ3n) is 11.8. The molecule has 1 aliphatic rings. The molecule has 4 nitrogen and oxygen atoms in total. The van der Waals surface area contributed by atoms with Crippen LogP contribution < -0.4 is 0 Å². The molecule has 8 aromatic carbocycles. The summed E-state index contributed by atoms with van der Waals surface area (Å²) >= 11 is 0. The summed E-state index contributed by atoms with van der Waals surface area (Å²) in [6, 6.07) is 66.0. The second-order valence-corrected chi connectivity index (χ2v) is 15.6.